The molecule has 0 radical (unpaired) electrons. The third-order valence-electron chi connectivity index (χ3n) is 3.00. The number of phenolic OH excluding ortho intramolecular Hbond substituents is 1. The molecule has 100 valence electrons. The molecule has 3 aromatic rings. The number of benzene rings is 1. The predicted octanol–water partition coefficient (Wildman–Crippen LogP) is 2.55. The quantitative estimate of drug-likeness (QED) is 0.632. The fraction of sp³-hybridized carbons (Fsp3) is 0. The molecule has 6 heteroatoms. The number of phenols is 1. The van der Waals surface area contributed by atoms with Gasteiger partial charge in [0.15, 0.2) is 0 Å². The summed E-state index contributed by atoms with van der Waals surface area (Å²) in [6.45, 7) is 0. The molecule has 3 N–H and O–H groups in total. The van der Waals surface area contributed by atoms with E-state index in [9.17, 15) is 14.7 Å². The minimum Gasteiger partial charge on any atom is -0.507 e. The van der Waals surface area contributed by atoms with Gasteiger partial charge in [0.2, 0.25) is 0 Å². The zero-order chi connectivity index (χ0) is 14.3. The average molecular weight is 287 g/mol. The second-order valence-corrected chi connectivity index (χ2v) is 5.13. The van der Waals surface area contributed by atoms with Crippen molar-refractivity contribution < 1.29 is 15.0 Å². The van der Waals surface area contributed by atoms with E-state index >= 15 is 0 Å². The summed E-state index contributed by atoms with van der Waals surface area (Å²) in [7, 11) is 0. The van der Waals surface area contributed by atoms with Gasteiger partial charge in [0.1, 0.15) is 10.4 Å². The molecule has 0 aliphatic rings. The number of fused-ring (bicyclic) bond motifs is 3. The lowest BCUT2D eigenvalue weighted by molar-refractivity contribution is -0.131. The van der Waals surface area contributed by atoms with Crippen molar-refractivity contribution in [3.8, 4) is 5.75 Å². The first-order chi connectivity index (χ1) is 9.58. The smallest absolute Gasteiger partial charge is 0.328 e. The van der Waals surface area contributed by atoms with E-state index < -0.39 is 5.97 Å². The first kappa shape index (κ1) is 12.4. The van der Waals surface area contributed by atoms with Crippen LogP contribution in [-0.4, -0.2) is 21.2 Å². The lowest BCUT2D eigenvalue weighted by atomic mass is 10.0. The van der Waals surface area contributed by atoms with Gasteiger partial charge in [-0.25, -0.2) is 4.79 Å². The molecule has 1 aromatic carbocycles. The van der Waals surface area contributed by atoms with E-state index in [-0.39, 0.29) is 11.3 Å². The Balaban J connectivity index is 2.49. The minimum atomic E-state index is -1.10. The molecule has 0 saturated heterocycles. The van der Waals surface area contributed by atoms with E-state index in [0.29, 0.717) is 26.6 Å². The van der Waals surface area contributed by atoms with Crippen molar-refractivity contribution in [2.45, 2.75) is 0 Å². The minimum absolute atomic E-state index is 0.0328. The molecule has 0 saturated carbocycles. The zero-order valence-corrected chi connectivity index (χ0v) is 10.9. The highest BCUT2D eigenvalue weighted by molar-refractivity contribution is 7.17. The molecule has 0 fully saturated rings. The molecule has 0 bridgehead atoms. The predicted molar refractivity (Wildman–Crippen MR) is 78.3 cm³/mol. The Morgan fingerprint density at radius 3 is 2.85 bits per heavy atom. The summed E-state index contributed by atoms with van der Waals surface area (Å²) < 4.78 is 0.549. The number of carboxylic acids is 1. The van der Waals surface area contributed by atoms with Gasteiger partial charge >= 0.3 is 5.97 Å². The molecule has 2 aromatic heterocycles. The number of nitrogens with one attached hydrogen (secondary N) is 1. The Labute approximate surface area is 116 Å². The molecule has 0 amide bonds. The summed E-state index contributed by atoms with van der Waals surface area (Å²) >= 11 is 1.30. The van der Waals surface area contributed by atoms with Gasteiger partial charge in [-0.15, -0.1) is 11.3 Å². The van der Waals surface area contributed by atoms with Crippen molar-refractivity contribution in [1.82, 2.24) is 4.98 Å². The first-order valence-corrected chi connectivity index (χ1v) is 6.62. The average Bonchev–Trinajstić information content (AvgIpc) is 2.88. The van der Waals surface area contributed by atoms with Gasteiger partial charge in [0, 0.05) is 27.9 Å². The van der Waals surface area contributed by atoms with Gasteiger partial charge in [-0.3, -0.25) is 4.79 Å². The van der Waals surface area contributed by atoms with Crippen molar-refractivity contribution in [2.24, 2.45) is 0 Å². The van der Waals surface area contributed by atoms with Crippen LogP contribution in [0.4, 0.5) is 0 Å². The first-order valence-electron chi connectivity index (χ1n) is 5.74. The number of carboxylic acid groups (broad SMARTS) is 1. The zero-order valence-electron chi connectivity index (χ0n) is 10.1. The van der Waals surface area contributed by atoms with Crippen LogP contribution >= 0.6 is 11.3 Å². The molecule has 2 heterocycles. The lowest BCUT2D eigenvalue weighted by Crippen LogP contribution is -2.04. The summed E-state index contributed by atoms with van der Waals surface area (Å²) in [4.78, 5) is 25.3. The highest BCUT2D eigenvalue weighted by Gasteiger charge is 2.12. The number of aromatic amines is 1. The number of H-pyrrole nitrogens is 1. The molecule has 0 aliphatic carbocycles. The molecule has 3 rings (SSSR count). The van der Waals surface area contributed by atoms with Crippen molar-refractivity contribution in [3.05, 3.63) is 45.6 Å². The Hall–Kier alpha value is -2.60. The van der Waals surface area contributed by atoms with Crippen molar-refractivity contribution in [3.63, 3.8) is 0 Å². The largest absolute Gasteiger partial charge is 0.507 e. The highest BCUT2D eigenvalue weighted by atomic mass is 32.1. The van der Waals surface area contributed by atoms with E-state index in [1.807, 2.05) is 0 Å². The molecule has 0 atom stereocenters. The monoisotopic (exact) mass is 287 g/mol. The van der Waals surface area contributed by atoms with Crippen molar-refractivity contribution in [2.75, 3.05) is 0 Å². The molecule has 5 nitrogen and oxygen atoms in total. The third kappa shape index (κ3) is 1.86. The normalized spacial score (nSPS) is 11.6. The van der Waals surface area contributed by atoms with E-state index in [2.05, 4.69) is 4.98 Å². The number of rotatable bonds is 2. The van der Waals surface area contributed by atoms with Gasteiger partial charge in [0.25, 0.3) is 5.56 Å². The Bertz CT molecular complexity index is 920. The van der Waals surface area contributed by atoms with Crippen LogP contribution < -0.4 is 5.56 Å². The Morgan fingerprint density at radius 2 is 2.10 bits per heavy atom. The molecule has 0 spiro atoms. The highest BCUT2D eigenvalue weighted by Crippen LogP contribution is 2.33. The van der Waals surface area contributed by atoms with E-state index in [1.165, 1.54) is 23.5 Å². The summed E-state index contributed by atoms with van der Waals surface area (Å²) in [5, 5.41) is 21.8. The summed E-state index contributed by atoms with van der Waals surface area (Å²) in [5.41, 5.74) is 0.745. The van der Waals surface area contributed by atoms with Crippen LogP contribution in [0.1, 0.15) is 5.56 Å². The SMILES string of the molecule is O=C(O)C=Cc1c(O)ccc2[nH]c(=O)c3sccc3c12. The van der Waals surface area contributed by atoms with Crippen LogP contribution in [0.3, 0.4) is 0 Å². The third-order valence-corrected chi connectivity index (χ3v) is 3.92. The maximum absolute atomic E-state index is 11.9. The number of aromatic hydroxyl groups is 1. The second kappa shape index (κ2) is 4.50. The van der Waals surface area contributed by atoms with E-state index in [1.54, 1.807) is 17.5 Å². The number of aromatic nitrogens is 1. The standard InChI is InChI=1S/C14H9NO4S/c16-10-3-2-9-12(7(10)1-4-11(17)18)8-5-6-20-13(8)14(19)15-9/h1-6,16H,(H,15,19)(H,17,18). The van der Waals surface area contributed by atoms with Crippen LogP contribution in [0, 0.1) is 0 Å². The Morgan fingerprint density at radius 1 is 1.30 bits per heavy atom. The van der Waals surface area contributed by atoms with E-state index in [0.717, 1.165) is 6.08 Å². The van der Waals surface area contributed by atoms with Crippen molar-refractivity contribution in [1.29, 1.82) is 0 Å². The van der Waals surface area contributed by atoms with Crippen LogP contribution in [0.15, 0.2) is 34.4 Å². The van der Waals surface area contributed by atoms with E-state index in [4.69, 9.17) is 5.11 Å². The van der Waals surface area contributed by atoms with Crippen LogP contribution in [0.5, 0.6) is 5.75 Å². The molecule has 20 heavy (non-hydrogen) atoms. The summed E-state index contributed by atoms with van der Waals surface area (Å²) in [6.07, 6.45) is 2.28. The van der Waals surface area contributed by atoms with Gasteiger partial charge in [0.05, 0.1) is 0 Å². The number of hydrogen-bond donors (Lipinski definition) is 3. The number of thiophene rings is 1. The van der Waals surface area contributed by atoms with Crippen LogP contribution in [0.2, 0.25) is 0 Å². The van der Waals surface area contributed by atoms with Crippen molar-refractivity contribution >= 4 is 44.4 Å². The maximum Gasteiger partial charge on any atom is 0.328 e. The number of hydrogen-bond acceptors (Lipinski definition) is 4. The summed E-state index contributed by atoms with van der Waals surface area (Å²) in [6, 6.07) is 4.81. The van der Waals surface area contributed by atoms with Gasteiger partial charge in [-0.05, 0) is 29.7 Å². The molecule has 0 aliphatic heterocycles. The lowest BCUT2D eigenvalue weighted by Gasteiger charge is -2.06. The number of pyridine rings is 1. The van der Waals surface area contributed by atoms with Gasteiger partial charge < -0.3 is 15.2 Å². The molecule has 0 unspecified atom stereocenters. The van der Waals surface area contributed by atoms with Gasteiger partial charge in [-0.1, -0.05) is 0 Å². The van der Waals surface area contributed by atoms with Crippen LogP contribution in [-0.2, 0) is 4.79 Å². The summed E-state index contributed by atoms with van der Waals surface area (Å²) in [5.74, 6) is -1.14. The van der Waals surface area contributed by atoms with Crippen LogP contribution in [0.25, 0.3) is 27.1 Å². The van der Waals surface area contributed by atoms with Gasteiger partial charge in [-0.2, -0.15) is 0 Å². The number of carbonyl (C=O) groups is 1. The maximum atomic E-state index is 11.9. The second-order valence-electron chi connectivity index (χ2n) is 4.21. The Kier molecular flexibility index (Phi) is 2.80. The molecular weight excluding hydrogens is 278 g/mol. The fourth-order valence-electron chi connectivity index (χ4n) is 2.19. The fourth-order valence-corrected chi connectivity index (χ4v) is 2.98. The molecular formula is C14H9NO4S. The number of aliphatic carboxylic acids is 1. The topological polar surface area (TPSA) is 90.4 Å².